The van der Waals surface area contributed by atoms with Crippen molar-refractivity contribution in [3.05, 3.63) is 0 Å². The number of rotatable bonds is 5. The normalized spacial score (nSPS) is 27.4. The summed E-state index contributed by atoms with van der Waals surface area (Å²) in [6.07, 6.45) is -4.24. The Labute approximate surface area is 98.8 Å². The van der Waals surface area contributed by atoms with Gasteiger partial charge in [0.05, 0.1) is 18.8 Å². The first-order valence-corrected chi connectivity index (χ1v) is 5.63. The third-order valence-corrected chi connectivity index (χ3v) is 2.48. The molecule has 1 aliphatic heterocycles. The van der Waals surface area contributed by atoms with Crippen LogP contribution in [0.4, 0.5) is 13.2 Å². The highest BCUT2D eigenvalue weighted by Gasteiger charge is 2.28. The van der Waals surface area contributed by atoms with Gasteiger partial charge in [0, 0.05) is 26.2 Å². The van der Waals surface area contributed by atoms with Crippen molar-refractivity contribution in [3.8, 4) is 0 Å². The maximum atomic E-state index is 11.8. The molecule has 1 rings (SSSR count). The average Bonchev–Trinajstić information content (AvgIpc) is 2.22. The maximum Gasteiger partial charge on any atom is 0.411 e. The van der Waals surface area contributed by atoms with Crippen LogP contribution >= 0.6 is 0 Å². The first kappa shape index (κ1) is 14.7. The molecule has 1 aliphatic rings. The third kappa shape index (κ3) is 6.21. The summed E-state index contributed by atoms with van der Waals surface area (Å²) in [4.78, 5) is 2.02. The Morgan fingerprint density at radius 1 is 1.41 bits per heavy atom. The van der Waals surface area contributed by atoms with Crippen LogP contribution in [0.3, 0.4) is 0 Å². The molecule has 1 heterocycles. The molecule has 17 heavy (non-hydrogen) atoms. The van der Waals surface area contributed by atoms with Gasteiger partial charge in [-0.1, -0.05) is 0 Å². The summed E-state index contributed by atoms with van der Waals surface area (Å²) in [5, 5.41) is 0. The molecule has 0 aliphatic carbocycles. The third-order valence-electron chi connectivity index (χ3n) is 2.48. The summed E-state index contributed by atoms with van der Waals surface area (Å²) >= 11 is 0. The van der Waals surface area contributed by atoms with Crippen molar-refractivity contribution in [2.45, 2.75) is 25.3 Å². The molecule has 0 radical (unpaired) electrons. The molecular formula is C10H19F3N2O2. The molecule has 7 heteroatoms. The molecule has 102 valence electrons. The summed E-state index contributed by atoms with van der Waals surface area (Å²) in [6, 6.07) is 0. The minimum absolute atomic E-state index is 0.0404. The molecule has 2 unspecified atom stereocenters. The van der Waals surface area contributed by atoms with E-state index in [1.165, 1.54) is 0 Å². The van der Waals surface area contributed by atoms with E-state index in [1.807, 2.05) is 11.8 Å². The fourth-order valence-electron chi connectivity index (χ4n) is 1.83. The minimum Gasteiger partial charge on any atom is -0.371 e. The van der Waals surface area contributed by atoms with Crippen molar-refractivity contribution in [3.63, 3.8) is 0 Å². The minimum atomic E-state index is -4.25. The molecule has 2 N–H and O–H groups in total. The zero-order valence-electron chi connectivity index (χ0n) is 9.87. The summed E-state index contributed by atoms with van der Waals surface area (Å²) in [6.45, 7) is 3.05. The smallest absolute Gasteiger partial charge is 0.371 e. The van der Waals surface area contributed by atoms with Gasteiger partial charge in [-0.2, -0.15) is 13.2 Å². The van der Waals surface area contributed by atoms with Gasteiger partial charge >= 0.3 is 6.18 Å². The van der Waals surface area contributed by atoms with Gasteiger partial charge in [-0.25, -0.2) is 0 Å². The molecule has 2 atom stereocenters. The van der Waals surface area contributed by atoms with E-state index in [0.717, 1.165) is 0 Å². The molecule has 4 nitrogen and oxygen atoms in total. The number of ether oxygens (including phenoxy) is 2. The van der Waals surface area contributed by atoms with Crippen LogP contribution in [0.5, 0.6) is 0 Å². The SMILES string of the molecule is CC1CN(CCOCC(F)(F)F)CC(CN)O1. The molecular weight excluding hydrogens is 237 g/mol. The Morgan fingerprint density at radius 2 is 2.12 bits per heavy atom. The van der Waals surface area contributed by atoms with Crippen molar-refractivity contribution in [1.29, 1.82) is 0 Å². The van der Waals surface area contributed by atoms with Crippen LogP contribution in [-0.2, 0) is 9.47 Å². The Bertz CT molecular complexity index is 226. The predicted octanol–water partition coefficient (Wildman–Crippen LogP) is 0.613. The second kappa shape index (κ2) is 6.53. The lowest BCUT2D eigenvalue weighted by atomic mass is 10.2. The lowest BCUT2D eigenvalue weighted by Gasteiger charge is -2.36. The summed E-state index contributed by atoms with van der Waals surface area (Å²) in [5.41, 5.74) is 5.51. The van der Waals surface area contributed by atoms with E-state index in [0.29, 0.717) is 26.2 Å². The Morgan fingerprint density at radius 3 is 2.71 bits per heavy atom. The molecule has 0 saturated carbocycles. The van der Waals surface area contributed by atoms with E-state index in [9.17, 15) is 13.2 Å². The van der Waals surface area contributed by atoms with Crippen molar-refractivity contribution < 1.29 is 22.6 Å². The van der Waals surface area contributed by atoms with Gasteiger partial charge in [0.15, 0.2) is 0 Å². The fraction of sp³-hybridized carbons (Fsp3) is 1.00. The van der Waals surface area contributed by atoms with Gasteiger partial charge in [0.1, 0.15) is 6.61 Å². The van der Waals surface area contributed by atoms with Gasteiger partial charge < -0.3 is 15.2 Å². The van der Waals surface area contributed by atoms with Gasteiger partial charge in [0.25, 0.3) is 0 Å². The number of morpholine rings is 1. The molecule has 0 amide bonds. The molecule has 1 fully saturated rings. The molecule has 0 aromatic carbocycles. The van der Waals surface area contributed by atoms with Crippen molar-refractivity contribution >= 4 is 0 Å². The highest BCUT2D eigenvalue weighted by molar-refractivity contribution is 4.76. The van der Waals surface area contributed by atoms with Crippen LogP contribution in [0.2, 0.25) is 0 Å². The summed E-state index contributed by atoms with van der Waals surface area (Å²) in [5.74, 6) is 0. The van der Waals surface area contributed by atoms with E-state index < -0.39 is 12.8 Å². The number of nitrogens with two attached hydrogens (primary N) is 1. The van der Waals surface area contributed by atoms with Crippen LogP contribution in [0.25, 0.3) is 0 Å². The molecule has 0 spiro atoms. The van der Waals surface area contributed by atoms with E-state index in [-0.39, 0.29) is 18.8 Å². The molecule has 0 bridgehead atoms. The quantitative estimate of drug-likeness (QED) is 0.732. The summed E-state index contributed by atoms with van der Waals surface area (Å²) in [7, 11) is 0. The van der Waals surface area contributed by atoms with Crippen LogP contribution in [0.15, 0.2) is 0 Å². The van der Waals surface area contributed by atoms with E-state index in [1.54, 1.807) is 0 Å². The zero-order chi connectivity index (χ0) is 12.9. The number of halogens is 3. The van der Waals surface area contributed by atoms with Gasteiger partial charge in [-0.15, -0.1) is 0 Å². The molecule has 0 aromatic rings. The highest BCUT2D eigenvalue weighted by Crippen LogP contribution is 2.14. The second-order valence-corrected chi connectivity index (χ2v) is 4.23. The standard InChI is InChI=1S/C10H19F3N2O2/c1-8-5-15(6-9(4-14)17-8)2-3-16-7-10(11,12)13/h8-9H,2-7,14H2,1H3. The van der Waals surface area contributed by atoms with Gasteiger partial charge in [-0.05, 0) is 6.92 Å². The Hall–Kier alpha value is -0.370. The maximum absolute atomic E-state index is 11.8. The number of hydrogen-bond acceptors (Lipinski definition) is 4. The van der Waals surface area contributed by atoms with Gasteiger partial charge in [0.2, 0.25) is 0 Å². The number of hydrogen-bond donors (Lipinski definition) is 1. The van der Waals surface area contributed by atoms with Gasteiger partial charge in [-0.3, -0.25) is 4.90 Å². The van der Waals surface area contributed by atoms with Crippen LogP contribution in [0.1, 0.15) is 6.92 Å². The van der Waals surface area contributed by atoms with E-state index >= 15 is 0 Å². The number of alkyl halides is 3. The summed E-state index contributed by atoms with van der Waals surface area (Å²) < 4.78 is 45.6. The first-order valence-electron chi connectivity index (χ1n) is 5.63. The molecule has 1 saturated heterocycles. The molecule has 0 aromatic heterocycles. The van der Waals surface area contributed by atoms with E-state index in [4.69, 9.17) is 10.5 Å². The fourth-order valence-corrected chi connectivity index (χ4v) is 1.83. The van der Waals surface area contributed by atoms with Crippen molar-refractivity contribution in [1.82, 2.24) is 4.90 Å². The Kier molecular flexibility index (Phi) is 5.64. The van der Waals surface area contributed by atoms with Crippen molar-refractivity contribution in [2.24, 2.45) is 5.73 Å². The number of nitrogens with zero attached hydrogens (tertiary/aromatic N) is 1. The van der Waals surface area contributed by atoms with Crippen molar-refractivity contribution in [2.75, 3.05) is 39.4 Å². The lowest BCUT2D eigenvalue weighted by molar-refractivity contribution is -0.175. The topological polar surface area (TPSA) is 47.7 Å². The second-order valence-electron chi connectivity index (χ2n) is 4.23. The van der Waals surface area contributed by atoms with E-state index in [2.05, 4.69) is 4.74 Å². The predicted molar refractivity (Wildman–Crippen MR) is 56.7 cm³/mol. The first-order chi connectivity index (χ1) is 7.90. The van der Waals surface area contributed by atoms with Crippen LogP contribution in [-0.4, -0.2) is 62.7 Å². The highest BCUT2D eigenvalue weighted by atomic mass is 19.4. The Balaban J connectivity index is 2.18. The van der Waals surface area contributed by atoms with Crippen LogP contribution in [0, 0.1) is 0 Å². The zero-order valence-corrected chi connectivity index (χ0v) is 9.87. The lowest BCUT2D eigenvalue weighted by Crippen LogP contribution is -2.50. The average molecular weight is 256 g/mol. The largest absolute Gasteiger partial charge is 0.411 e. The van der Waals surface area contributed by atoms with Crippen LogP contribution < -0.4 is 5.73 Å². The monoisotopic (exact) mass is 256 g/mol.